The highest BCUT2D eigenvalue weighted by Gasteiger charge is 2.19. The van der Waals surface area contributed by atoms with Crippen molar-refractivity contribution in [3.8, 4) is 5.69 Å². The molecule has 33 heavy (non-hydrogen) atoms. The normalized spacial score (nSPS) is 11.3. The van der Waals surface area contributed by atoms with Gasteiger partial charge in [0.1, 0.15) is 12.1 Å². The molecular weight excluding hydrogens is 418 g/mol. The zero-order valence-electron chi connectivity index (χ0n) is 19.7. The summed E-state index contributed by atoms with van der Waals surface area (Å²) in [5.74, 6) is -0.255. The molecule has 0 saturated carbocycles. The van der Waals surface area contributed by atoms with Crippen molar-refractivity contribution in [1.29, 1.82) is 0 Å². The van der Waals surface area contributed by atoms with Crippen LogP contribution in [0.25, 0.3) is 16.6 Å². The van der Waals surface area contributed by atoms with Crippen LogP contribution in [0.4, 0.5) is 0 Å². The Morgan fingerprint density at radius 1 is 0.939 bits per heavy atom. The SMILES string of the molecule is CCn1nc(C)c(CCNC(=O)Cn2nc(C)c3nn(-c4ccccc4)c(C)c3c2=O)c1C. The predicted octanol–water partition coefficient (Wildman–Crippen LogP) is 2.39. The average molecular weight is 448 g/mol. The van der Waals surface area contributed by atoms with E-state index in [1.165, 1.54) is 4.68 Å². The third-order valence-corrected chi connectivity index (χ3v) is 6.00. The predicted molar refractivity (Wildman–Crippen MR) is 127 cm³/mol. The van der Waals surface area contributed by atoms with Crippen LogP contribution in [0.3, 0.4) is 0 Å². The fraction of sp³-hybridized carbons (Fsp3) is 0.375. The summed E-state index contributed by atoms with van der Waals surface area (Å²) in [6.45, 7) is 10.9. The minimum absolute atomic E-state index is 0.141. The van der Waals surface area contributed by atoms with E-state index in [4.69, 9.17) is 0 Å². The van der Waals surface area contributed by atoms with Gasteiger partial charge >= 0.3 is 0 Å². The summed E-state index contributed by atoms with van der Waals surface area (Å²) >= 11 is 0. The Bertz CT molecular complexity index is 1380. The highest BCUT2D eigenvalue weighted by atomic mass is 16.2. The number of nitrogens with zero attached hydrogens (tertiary/aromatic N) is 6. The van der Waals surface area contributed by atoms with Gasteiger partial charge in [-0.2, -0.15) is 15.3 Å². The maximum absolute atomic E-state index is 13.2. The number of aryl methyl sites for hydroxylation is 4. The topological polar surface area (TPSA) is 99.6 Å². The van der Waals surface area contributed by atoms with E-state index < -0.39 is 0 Å². The van der Waals surface area contributed by atoms with Gasteiger partial charge < -0.3 is 5.32 Å². The molecule has 1 N–H and O–H groups in total. The number of rotatable bonds is 7. The van der Waals surface area contributed by atoms with Gasteiger partial charge in [-0.15, -0.1) is 0 Å². The van der Waals surface area contributed by atoms with Crippen molar-refractivity contribution >= 4 is 16.8 Å². The third-order valence-electron chi connectivity index (χ3n) is 6.00. The van der Waals surface area contributed by atoms with Gasteiger partial charge in [0, 0.05) is 18.8 Å². The van der Waals surface area contributed by atoms with Crippen molar-refractivity contribution < 1.29 is 4.79 Å². The molecule has 0 radical (unpaired) electrons. The smallest absolute Gasteiger partial charge is 0.278 e. The number of nitrogens with one attached hydrogen (secondary N) is 1. The van der Waals surface area contributed by atoms with Gasteiger partial charge in [0.2, 0.25) is 5.91 Å². The Kier molecular flexibility index (Phi) is 6.13. The Labute approximate surface area is 192 Å². The quantitative estimate of drug-likeness (QED) is 0.469. The Morgan fingerprint density at radius 3 is 2.30 bits per heavy atom. The Morgan fingerprint density at radius 2 is 1.64 bits per heavy atom. The lowest BCUT2D eigenvalue weighted by Gasteiger charge is -2.08. The van der Waals surface area contributed by atoms with Crippen LogP contribution >= 0.6 is 0 Å². The molecule has 0 unspecified atom stereocenters. The highest BCUT2D eigenvalue weighted by Crippen LogP contribution is 2.19. The van der Waals surface area contributed by atoms with Gasteiger partial charge in [-0.05, 0) is 58.7 Å². The van der Waals surface area contributed by atoms with Gasteiger partial charge in [-0.3, -0.25) is 14.3 Å². The maximum atomic E-state index is 13.2. The van der Waals surface area contributed by atoms with E-state index in [9.17, 15) is 9.59 Å². The number of aromatic nitrogens is 6. The summed E-state index contributed by atoms with van der Waals surface area (Å²) < 4.78 is 4.93. The fourth-order valence-corrected chi connectivity index (χ4v) is 4.26. The molecule has 3 heterocycles. The van der Waals surface area contributed by atoms with Crippen LogP contribution in [0.2, 0.25) is 0 Å². The number of para-hydroxylation sites is 1. The van der Waals surface area contributed by atoms with E-state index in [1.807, 2.05) is 55.8 Å². The van der Waals surface area contributed by atoms with Gasteiger partial charge in [-0.1, -0.05) is 18.2 Å². The first-order valence-corrected chi connectivity index (χ1v) is 11.1. The number of hydrogen-bond acceptors (Lipinski definition) is 5. The van der Waals surface area contributed by atoms with E-state index >= 15 is 0 Å². The standard InChI is InChI=1S/C24H29N7O2/c1-6-29-17(4)20(15(2)26-29)12-13-25-21(32)14-30-24(33)22-18(5)31(19-10-8-7-9-11-19)28-23(22)16(3)27-30/h7-11H,6,12-14H2,1-5H3,(H,25,32). The van der Waals surface area contributed by atoms with Crippen LogP contribution in [0.1, 0.15) is 35.3 Å². The maximum Gasteiger partial charge on any atom is 0.278 e. The first-order valence-electron chi connectivity index (χ1n) is 11.1. The van der Waals surface area contributed by atoms with E-state index in [-0.39, 0.29) is 18.0 Å². The van der Waals surface area contributed by atoms with Gasteiger partial charge in [0.05, 0.1) is 28.2 Å². The van der Waals surface area contributed by atoms with Crippen LogP contribution in [0.15, 0.2) is 35.1 Å². The molecule has 9 nitrogen and oxygen atoms in total. The molecule has 0 bridgehead atoms. The summed E-state index contributed by atoms with van der Waals surface area (Å²) in [7, 11) is 0. The van der Waals surface area contributed by atoms with E-state index in [0.29, 0.717) is 29.6 Å². The van der Waals surface area contributed by atoms with Crippen molar-refractivity contribution in [3.05, 3.63) is 69.0 Å². The fourth-order valence-electron chi connectivity index (χ4n) is 4.26. The zero-order valence-corrected chi connectivity index (χ0v) is 19.7. The lowest BCUT2D eigenvalue weighted by Crippen LogP contribution is -2.35. The number of benzene rings is 1. The van der Waals surface area contributed by atoms with Crippen molar-refractivity contribution in [3.63, 3.8) is 0 Å². The first-order chi connectivity index (χ1) is 15.8. The second-order valence-electron chi connectivity index (χ2n) is 8.17. The molecule has 1 aromatic carbocycles. The Balaban J connectivity index is 1.52. The number of carbonyl (C=O) groups is 1. The zero-order chi connectivity index (χ0) is 23.7. The van der Waals surface area contributed by atoms with Crippen molar-refractivity contribution in [2.75, 3.05) is 6.54 Å². The molecule has 3 aromatic heterocycles. The van der Waals surface area contributed by atoms with Crippen LogP contribution in [0.5, 0.6) is 0 Å². The van der Waals surface area contributed by atoms with Crippen LogP contribution in [-0.4, -0.2) is 41.8 Å². The van der Waals surface area contributed by atoms with E-state index in [1.54, 1.807) is 11.6 Å². The largest absolute Gasteiger partial charge is 0.354 e. The molecule has 0 fully saturated rings. The van der Waals surface area contributed by atoms with Crippen molar-refractivity contribution in [2.45, 2.75) is 54.1 Å². The number of fused-ring (bicyclic) bond motifs is 1. The molecular formula is C24H29N7O2. The first kappa shape index (κ1) is 22.4. The molecule has 4 aromatic rings. The Hall–Kier alpha value is -3.75. The highest BCUT2D eigenvalue weighted by molar-refractivity contribution is 5.83. The molecule has 0 aliphatic heterocycles. The lowest BCUT2D eigenvalue weighted by atomic mass is 10.1. The summed E-state index contributed by atoms with van der Waals surface area (Å²) in [5.41, 5.74) is 5.67. The third kappa shape index (κ3) is 4.18. The minimum Gasteiger partial charge on any atom is -0.354 e. The van der Waals surface area contributed by atoms with Gasteiger partial charge in [0.25, 0.3) is 5.56 Å². The van der Waals surface area contributed by atoms with Gasteiger partial charge in [0.15, 0.2) is 0 Å². The van der Waals surface area contributed by atoms with Crippen LogP contribution in [-0.2, 0) is 24.3 Å². The molecule has 0 spiro atoms. The molecule has 4 rings (SSSR count). The number of amides is 1. The molecule has 0 atom stereocenters. The number of carbonyl (C=O) groups excluding carboxylic acids is 1. The molecule has 0 saturated heterocycles. The van der Waals surface area contributed by atoms with Crippen LogP contribution in [0, 0.1) is 27.7 Å². The monoisotopic (exact) mass is 447 g/mol. The second kappa shape index (κ2) is 9.01. The molecule has 1 amide bonds. The summed E-state index contributed by atoms with van der Waals surface area (Å²) in [6, 6.07) is 9.64. The van der Waals surface area contributed by atoms with Gasteiger partial charge in [-0.25, -0.2) is 9.36 Å². The minimum atomic E-state index is -0.318. The summed E-state index contributed by atoms with van der Waals surface area (Å²) in [4.78, 5) is 25.8. The molecule has 0 aliphatic rings. The molecule has 0 aliphatic carbocycles. The van der Waals surface area contributed by atoms with E-state index in [2.05, 4.69) is 27.5 Å². The number of hydrogen-bond donors (Lipinski definition) is 1. The molecule has 9 heteroatoms. The van der Waals surface area contributed by atoms with Crippen LogP contribution < -0.4 is 10.9 Å². The molecule has 172 valence electrons. The van der Waals surface area contributed by atoms with E-state index in [0.717, 1.165) is 34.9 Å². The second-order valence-corrected chi connectivity index (χ2v) is 8.17. The van der Waals surface area contributed by atoms with Crippen molar-refractivity contribution in [1.82, 2.24) is 34.7 Å². The lowest BCUT2D eigenvalue weighted by molar-refractivity contribution is -0.121. The summed E-state index contributed by atoms with van der Waals surface area (Å²) in [5, 5.41) is 16.9. The average Bonchev–Trinajstić information content (AvgIpc) is 3.29. The summed E-state index contributed by atoms with van der Waals surface area (Å²) in [6.07, 6.45) is 0.687. The van der Waals surface area contributed by atoms with Crippen molar-refractivity contribution in [2.24, 2.45) is 0 Å².